The summed E-state index contributed by atoms with van der Waals surface area (Å²) in [4.78, 5) is 2.44. The Morgan fingerprint density at radius 3 is 2.39 bits per heavy atom. The van der Waals surface area contributed by atoms with Gasteiger partial charge in [-0.3, -0.25) is 0 Å². The Balaban J connectivity index is 1.40. The minimum absolute atomic E-state index is 0.229. The average Bonchev–Trinajstić information content (AvgIpc) is 2.75. The molecule has 1 saturated heterocycles. The van der Waals surface area contributed by atoms with Gasteiger partial charge in [-0.2, -0.15) is 0 Å². The largest absolute Gasteiger partial charge is 0.392 e. The van der Waals surface area contributed by atoms with Crippen molar-refractivity contribution in [3.05, 3.63) is 0 Å². The molecule has 0 aromatic heterocycles. The minimum Gasteiger partial charge on any atom is -0.392 e. The number of aliphatic hydroxyl groups excluding tert-OH is 1. The summed E-state index contributed by atoms with van der Waals surface area (Å²) < 4.78 is 6.28. The summed E-state index contributed by atoms with van der Waals surface area (Å²) in [7, 11) is 0. The van der Waals surface area contributed by atoms with Crippen LogP contribution in [-0.4, -0.2) is 48.5 Å². The van der Waals surface area contributed by atoms with Crippen molar-refractivity contribution in [2.75, 3.05) is 26.2 Å². The first-order valence-corrected chi connectivity index (χ1v) is 9.95. The van der Waals surface area contributed by atoms with Crippen molar-refractivity contribution in [3.63, 3.8) is 0 Å². The van der Waals surface area contributed by atoms with Gasteiger partial charge >= 0.3 is 0 Å². The minimum atomic E-state index is -0.229. The molecule has 1 heterocycles. The van der Waals surface area contributed by atoms with Gasteiger partial charge in [-0.1, -0.05) is 33.6 Å². The molecule has 0 spiro atoms. The molecule has 0 radical (unpaired) electrons. The maximum absolute atomic E-state index is 10.3. The lowest BCUT2D eigenvalue weighted by atomic mass is 9.70. The molecular formula is C20H37NO2. The van der Waals surface area contributed by atoms with Crippen LogP contribution in [0, 0.1) is 16.7 Å². The summed E-state index contributed by atoms with van der Waals surface area (Å²) in [5.74, 6) is 0.833. The van der Waals surface area contributed by atoms with Gasteiger partial charge in [0.25, 0.3) is 0 Å². The van der Waals surface area contributed by atoms with E-state index < -0.39 is 0 Å². The van der Waals surface area contributed by atoms with E-state index in [1.54, 1.807) is 0 Å². The quantitative estimate of drug-likeness (QED) is 0.806. The van der Waals surface area contributed by atoms with E-state index in [1.165, 1.54) is 44.9 Å². The van der Waals surface area contributed by atoms with Gasteiger partial charge in [0.2, 0.25) is 0 Å². The molecule has 3 fully saturated rings. The predicted molar refractivity (Wildman–Crippen MR) is 94.5 cm³/mol. The Morgan fingerprint density at radius 1 is 1.13 bits per heavy atom. The predicted octanol–water partition coefficient (Wildman–Crippen LogP) is 3.84. The summed E-state index contributed by atoms with van der Waals surface area (Å²) in [6.45, 7) is 11.2. The molecule has 2 saturated carbocycles. The normalized spacial score (nSPS) is 38.6. The lowest BCUT2D eigenvalue weighted by molar-refractivity contribution is -0.0563. The van der Waals surface area contributed by atoms with Crippen molar-refractivity contribution in [2.24, 2.45) is 16.7 Å². The van der Waals surface area contributed by atoms with Crippen LogP contribution >= 0.6 is 0 Å². The van der Waals surface area contributed by atoms with Gasteiger partial charge < -0.3 is 14.7 Å². The summed E-state index contributed by atoms with van der Waals surface area (Å²) in [5.41, 5.74) is 0.760. The van der Waals surface area contributed by atoms with Crippen LogP contribution in [0.5, 0.6) is 0 Å². The van der Waals surface area contributed by atoms with E-state index in [2.05, 4.69) is 25.7 Å². The van der Waals surface area contributed by atoms with Crippen molar-refractivity contribution < 1.29 is 9.84 Å². The molecule has 0 unspecified atom stereocenters. The maximum atomic E-state index is 10.3. The first kappa shape index (κ1) is 17.7. The SMILES string of the molecule is CC1(C)[C@H]2CC[C@@]1(C)[C@H](OCC[C@@H](O)CN1CCCCCC1)C2. The van der Waals surface area contributed by atoms with Crippen LogP contribution in [0.1, 0.15) is 72.1 Å². The Labute approximate surface area is 142 Å². The van der Waals surface area contributed by atoms with Crippen molar-refractivity contribution >= 4 is 0 Å². The molecule has 3 nitrogen and oxygen atoms in total. The lowest BCUT2D eigenvalue weighted by Gasteiger charge is -2.39. The molecule has 3 aliphatic rings. The standard InChI is InChI=1S/C20H37NO2/c1-19(2)16-8-10-20(19,3)18(14-16)23-13-9-17(22)15-21-11-6-4-5-7-12-21/h16-18,22H,4-15H2,1-3H3/t16-,17+,18+,20-/m0/s1. The first-order chi connectivity index (χ1) is 10.9. The number of rotatable bonds is 6. The molecule has 2 bridgehead atoms. The highest BCUT2D eigenvalue weighted by molar-refractivity contribution is 5.11. The fraction of sp³-hybridized carbons (Fsp3) is 1.00. The summed E-state index contributed by atoms with van der Waals surface area (Å²) in [6.07, 6.45) is 10.2. The average molecular weight is 324 g/mol. The third kappa shape index (κ3) is 3.48. The highest BCUT2D eigenvalue weighted by Crippen LogP contribution is 2.66. The number of aliphatic hydroxyl groups is 1. The van der Waals surface area contributed by atoms with Crippen LogP contribution in [0.15, 0.2) is 0 Å². The zero-order chi connectivity index (χ0) is 16.5. The molecule has 1 N–H and O–H groups in total. The molecule has 23 heavy (non-hydrogen) atoms. The van der Waals surface area contributed by atoms with Gasteiger partial charge in [-0.25, -0.2) is 0 Å². The number of β-amino-alcohol motifs (C(OH)–C–C–N with tert-alkyl or cyclic N) is 1. The number of hydrogen-bond donors (Lipinski definition) is 1. The van der Waals surface area contributed by atoms with Crippen LogP contribution < -0.4 is 0 Å². The van der Waals surface area contributed by atoms with Gasteiger partial charge in [-0.05, 0) is 68.4 Å². The second kappa shape index (κ2) is 7.01. The van der Waals surface area contributed by atoms with E-state index in [1.807, 2.05) is 0 Å². The van der Waals surface area contributed by atoms with Crippen LogP contribution in [0.3, 0.4) is 0 Å². The monoisotopic (exact) mass is 323 g/mol. The van der Waals surface area contributed by atoms with Crippen LogP contribution in [0.2, 0.25) is 0 Å². The second-order valence-electron chi connectivity index (χ2n) is 9.13. The molecule has 0 aromatic rings. The highest BCUT2D eigenvalue weighted by Gasteiger charge is 2.61. The Hall–Kier alpha value is -0.120. The molecule has 4 atom stereocenters. The van der Waals surface area contributed by atoms with Gasteiger partial charge in [-0.15, -0.1) is 0 Å². The maximum Gasteiger partial charge on any atom is 0.0689 e. The van der Waals surface area contributed by atoms with E-state index in [4.69, 9.17) is 4.74 Å². The van der Waals surface area contributed by atoms with Crippen molar-refractivity contribution in [1.82, 2.24) is 4.90 Å². The number of hydrogen-bond acceptors (Lipinski definition) is 3. The molecule has 3 rings (SSSR count). The molecule has 2 aliphatic carbocycles. The molecular weight excluding hydrogens is 286 g/mol. The van der Waals surface area contributed by atoms with E-state index in [9.17, 15) is 5.11 Å². The smallest absolute Gasteiger partial charge is 0.0689 e. The second-order valence-corrected chi connectivity index (χ2v) is 9.13. The first-order valence-electron chi connectivity index (χ1n) is 9.95. The fourth-order valence-corrected chi connectivity index (χ4v) is 5.44. The van der Waals surface area contributed by atoms with Crippen LogP contribution in [0.25, 0.3) is 0 Å². The van der Waals surface area contributed by atoms with Gasteiger partial charge in [0.1, 0.15) is 0 Å². The van der Waals surface area contributed by atoms with Crippen molar-refractivity contribution in [1.29, 1.82) is 0 Å². The van der Waals surface area contributed by atoms with Gasteiger partial charge in [0.05, 0.1) is 12.2 Å². The van der Waals surface area contributed by atoms with Gasteiger partial charge in [0.15, 0.2) is 0 Å². The number of likely N-dealkylation sites (tertiary alicyclic amines) is 1. The molecule has 0 amide bonds. The third-order valence-corrected chi connectivity index (χ3v) is 7.65. The topological polar surface area (TPSA) is 32.7 Å². The molecule has 3 heteroatoms. The fourth-order valence-electron chi connectivity index (χ4n) is 5.44. The number of nitrogens with zero attached hydrogens (tertiary/aromatic N) is 1. The Morgan fingerprint density at radius 2 is 1.83 bits per heavy atom. The number of ether oxygens (including phenoxy) is 1. The summed E-state index contributed by atoms with van der Waals surface area (Å²) in [5, 5.41) is 10.3. The zero-order valence-corrected chi connectivity index (χ0v) is 15.5. The molecule has 1 aliphatic heterocycles. The lowest BCUT2D eigenvalue weighted by Crippen LogP contribution is -2.38. The van der Waals surface area contributed by atoms with Crippen molar-refractivity contribution in [3.8, 4) is 0 Å². The van der Waals surface area contributed by atoms with Crippen LogP contribution in [0.4, 0.5) is 0 Å². The van der Waals surface area contributed by atoms with Crippen molar-refractivity contribution in [2.45, 2.75) is 84.3 Å². The summed E-state index contributed by atoms with van der Waals surface area (Å²) >= 11 is 0. The Bertz CT molecular complexity index is 389. The molecule has 0 aromatic carbocycles. The summed E-state index contributed by atoms with van der Waals surface area (Å²) in [6, 6.07) is 0. The molecule has 134 valence electrons. The van der Waals surface area contributed by atoms with Gasteiger partial charge in [0, 0.05) is 13.2 Å². The van der Waals surface area contributed by atoms with E-state index in [0.29, 0.717) is 16.9 Å². The highest BCUT2D eigenvalue weighted by atomic mass is 16.5. The zero-order valence-electron chi connectivity index (χ0n) is 15.5. The van der Waals surface area contributed by atoms with E-state index in [-0.39, 0.29) is 6.10 Å². The van der Waals surface area contributed by atoms with E-state index in [0.717, 1.165) is 38.6 Å². The third-order valence-electron chi connectivity index (χ3n) is 7.65. The Kier molecular flexibility index (Phi) is 5.40. The van der Waals surface area contributed by atoms with E-state index >= 15 is 0 Å². The number of fused-ring (bicyclic) bond motifs is 2. The van der Waals surface area contributed by atoms with Crippen LogP contribution in [-0.2, 0) is 4.74 Å².